The van der Waals surface area contributed by atoms with E-state index in [-0.39, 0.29) is 23.7 Å². The highest BCUT2D eigenvalue weighted by atomic mass is 16.3. The molecule has 7 nitrogen and oxygen atoms in total. The molecule has 3 aliphatic rings. The summed E-state index contributed by atoms with van der Waals surface area (Å²) >= 11 is 0. The van der Waals surface area contributed by atoms with Crippen molar-refractivity contribution < 1.29 is 14.3 Å². The van der Waals surface area contributed by atoms with Crippen LogP contribution in [0, 0.1) is 17.8 Å². The Bertz CT molecular complexity index is 833. The number of allylic oxidation sites excluding steroid dienone is 3. The summed E-state index contributed by atoms with van der Waals surface area (Å²) in [5.41, 5.74) is 4.82. The van der Waals surface area contributed by atoms with Crippen LogP contribution in [0.3, 0.4) is 0 Å². The van der Waals surface area contributed by atoms with E-state index in [1.807, 2.05) is 40.2 Å². The smallest absolute Gasteiger partial charge is 0.255 e. The van der Waals surface area contributed by atoms with Crippen molar-refractivity contribution in [2.45, 2.75) is 44.8 Å². The number of nitrogens with zero attached hydrogens (tertiary/aromatic N) is 3. The van der Waals surface area contributed by atoms with E-state index in [9.17, 15) is 9.90 Å². The van der Waals surface area contributed by atoms with Gasteiger partial charge in [0.15, 0.2) is 11.6 Å². The van der Waals surface area contributed by atoms with Crippen LogP contribution in [0.2, 0.25) is 0 Å². The van der Waals surface area contributed by atoms with E-state index in [4.69, 9.17) is 10.2 Å². The maximum Gasteiger partial charge on any atom is 0.255 e. The molecule has 1 amide bonds. The average Bonchev–Trinajstić information content (AvgIpc) is 3.51. The number of rotatable bonds is 5. The maximum absolute atomic E-state index is 13.7. The predicted octanol–water partition coefficient (Wildman–Crippen LogP) is 2.54. The van der Waals surface area contributed by atoms with Crippen LogP contribution in [0.25, 0.3) is 0 Å². The van der Waals surface area contributed by atoms with Gasteiger partial charge in [0, 0.05) is 32.1 Å². The fourth-order valence-corrected chi connectivity index (χ4v) is 5.27. The third-order valence-electron chi connectivity index (χ3n) is 7.11. The molecule has 31 heavy (non-hydrogen) atoms. The largest absolute Gasteiger partial charge is 0.467 e. The molecule has 1 aromatic heterocycles. The molecule has 0 spiro atoms. The SMILES string of the molecule is CC1C=CC=CC1[C@@](O)(C(=O)N1CCN(C(N)=NCc2ccco2)CC1)C1CCCC1. The summed E-state index contributed by atoms with van der Waals surface area (Å²) in [5.74, 6) is 1.06. The van der Waals surface area contributed by atoms with Crippen LogP contribution in [-0.4, -0.2) is 58.6 Å². The molecule has 2 heterocycles. The molecule has 0 bridgehead atoms. The van der Waals surface area contributed by atoms with Gasteiger partial charge in [0.2, 0.25) is 0 Å². The number of furan rings is 1. The lowest BCUT2D eigenvalue weighted by Gasteiger charge is -2.45. The number of guanidine groups is 1. The van der Waals surface area contributed by atoms with Crippen molar-refractivity contribution in [2.24, 2.45) is 28.5 Å². The molecular formula is C24H34N4O3. The fraction of sp³-hybridized carbons (Fsp3) is 0.583. The highest BCUT2D eigenvalue weighted by molar-refractivity contribution is 5.87. The summed E-state index contributed by atoms with van der Waals surface area (Å²) in [5, 5.41) is 11.9. The topological polar surface area (TPSA) is 95.3 Å². The Morgan fingerprint density at radius 2 is 1.87 bits per heavy atom. The molecule has 0 aromatic carbocycles. The van der Waals surface area contributed by atoms with E-state index in [1.54, 1.807) is 6.26 Å². The highest BCUT2D eigenvalue weighted by Crippen LogP contribution is 2.44. The number of carbonyl (C=O) groups is 1. The number of hydrogen-bond donors (Lipinski definition) is 2. The van der Waals surface area contributed by atoms with E-state index >= 15 is 0 Å². The van der Waals surface area contributed by atoms with Crippen molar-refractivity contribution in [1.29, 1.82) is 0 Å². The Kier molecular flexibility index (Phi) is 6.51. The Balaban J connectivity index is 1.43. The third kappa shape index (κ3) is 4.42. The third-order valence-corrected chi connectivity index (χ3v) is 7.11. The molecule has 168 valence electrons. The lowest BCUT2D eigenvalue weighted by Crippen LogP contribution is -2.62. The molecule has 2 unspecified atom stereocenters. The summed E-state index contributed by atoms with van der Waals surface area (Å²) in [7, 11) is 0. The van der Waals surface area contributed by atoms with Crippen molar-refractivity contribution in [1.82, 2.24) is 9.80 Å². The number of aliphatic imine (C=N–C) groups is 1. The number of aliphatic hydroxyl groups is 1. The average molecular weight is 427 g/mol. The van der Waals surface area contributed by atoms with E-state index in [0.717, 1.165) is 31.4 Å². The number of hydrogen-bond acceptors (Lipinski definition) is 4. The second kappa shape index (κ2) is 9.30. The molecule has 1 aromatic rings. The van der Waals surface area contributed by atoms with Crippen LogP contribution >= 0.6 is 0 Å². The Labute approximate surface area is 184 Å². The van der Waals surface area contributed by atoms with Crippen LogP contribution in [0.15, 0.2) is 52.1 Å². The summed E-state index contributed by atoms with van der Waals surface area (Å²) < 4.78 is 5.30. The minimum Gasteiger partial charge on any atom is -0.467 e. The maximum atomic E-state index is 13.7. The van der Waals surface area contributed by atoms with Gasteiger partial charge in [-0.1, -0.05) is 44.1 Å². The standard InChI is InChI=1S/C24H34N4O3/c1-18-7-2-5-11-21(18)24(30,19-8-3-4-9-19)22(29)27-12-14-28(15-13-27)23(25)26-17-20-10-6-16-31-20/h2,5-7,10-11,16,18-19,21,30H,3-4,8-9,12-15,17H2,1H3,(H2,25,26)/t18?,21?,24-/m1/s1. The van der Waals surface area contributed by atoms with E-state index in [2.05, 4.69) is 18.0 Å². The van der Waals surface area contributed by atoms with E-state index in [1.165, 1.54) is 0 Å². The van der Waals surface area contributed by atoms with Gasteiger partial charge in [-0.05, 0) is 36.8 Å². The van der Waals surface area contributed by atoms with E-state index in [0.29, 0.717) is 38.7 Å². The van der Waals surface area contributed by atoms with Crippen molar-refractivity contribution >= 4 is 11.9 Å². The van der Waals surface area contributed by atoms with E-state index < -0.39 is 5.60 Å². The molecule has 3 N–H and O–H groups in total. The molecule has 4 rings (SSSR count). The Hall–Kier alpha value is -2.54. The van der Waals surface area contributed by atoms with Gasteiger partial charge < -0.3 is 25.1 Å². The highest BCUT2D eigenvalue weighted by Gasteiger charge is 2.53. The zero-order chi connectivity index (χ0) is 21.8. The molecule has 1 saturated heterocycles. The summed E-state index contributed by atoms with van der Waals surface area (Å²) in [6.07, 6.45) is 13.7. The Morgan fingerprint density at radius 1 is 1.19 bits per heavy atom. The lowest BCUT2D eigenvalue weighted by molar-refractivity contribution is -0.166. The monoisotopic (exact) mass is 426 g/mol. The van der Waals surface area contributed by atoms with Crippen molar-refractivity contribution in [3.63, 3.8) is 0 Å². The number of carbonyl (C=O) groups excluding carboxylic acids is 1. The van der Waals surface area contributed by atoms with Crippen LogP contribution < -0.4 is 5.73 Å². The molecule has 3 atom stereocenters. The van der Waals surface area contributed by atoms with Gasteiger partial charge in [-0.25, -0.2) is 4.99 Å². The number of amides is 1. The molecule has 2 aliphatic carbocycles. The van der Waals surface area contributed by atoms with Gasteiger partial charge in [0.1, 0.15) is 12.3 Å². The van der Waals surface area contributed by atoms with Gasteiger partial charge in [0.05, 0.1) is 6.26 Å². The summed E-state index contributed by atoms with van der Waals surface area (Å²) in [4.78, 5) is 22.0. The number of nitrogens with two attached hydrogens (primary N) is 1. The molecule has 0 radical (unpaired) electrons. The molecular weight excluding hydrogens is 392 g/mol. The molecule has 1 aliphatic heterocycles. The van der Waals surface area contributed by atoms with Gasteiger partial charge in [0.25, 0.3) is 5.91 Å². The quantitative estimate of drug-likeness (QED) is 0.557. The van der Waals surface area contributed by atoms with Gasteiger partial charge in [-0.3, -0.25) is 4.79 Å². The molecule has 2 fully saturated rings. The summed E-state index contributed by atoms with van der Waals surface area (Å²) in [6, 6.07) is 3.70. The van der Waals surface area contributed by atoms with Crippen molar-refractivity contribution in [3.8, 4) is 0 Å². The normalized spacial score (nSPS) is 27.0. The first-order chi connectivity index (χ1) is 15.0. The van der Waals surface area contributed by atoms with Crippen LogP contribution in [-0.2, 0) is 11.3 Å². The minimum absolute atomic E-state index is 0.0153. The fourth-order valence-electron chi connectivity index (χ4n) is 5.27. The second-order valence-corrected chi connectivity index (χ2v) is 8.99. The first-order valence-corrected chi connectivity index (χ1v) is 11.4. The number of piperazine rings is 1. The lowest BCUT2D eigenvalue weighted by atomic mass is 9.68. The molecule has 1 saturated carbocycles. The first-order valence-electron chi connectivity index (χ1n) is 11.4. The minimum atomic E-state index is -1.35. The van der Waals surface area contributed by atoms with Gasteiger partial charge in [-0.2, -0.15) is 0 Å². The van der Waals surface area contributed by atoms with Crippen molar-refractivity contribution in [3.05, 3.63) is 48.5 Å². The molecule has 7 heteroatoms. The first kappa shape index (κ1) is 21.7. The zero-order valence-corrected chi connectivity index (χ0v) is 18.3. The second-order valence-electron chi connectivity index (χ2n) is 8.99. The zero-order valence-electron chi connectivity index (χ0n) is 18.3. The van der Waals surface area contributed by atoms with Crippen molar-refractivity contribution in [2.75, 3.05) is 26.2 Å². The van der Waals surface area contributed by atoms with Gasteiger partial charge >= 0.3 is 0 Å². The van der Waals surface area contributed by atoms with Crippen LogP contribution in [0.5, 0.6) is 0 Å². The predicted molar refractivity (Wildman–Crippen MR) is 120 cm³/mol. The van der Waals surface area contributed by atoms with Crippen LogP contribution in [0.1, 0.15) is 38.4 Å². The van der Waals surface area contributed by atoms with Gasteiger partial charge in [-0.15, -0.1) is 0 Å². The van der Waals surface area contributed by atoms with Crippen LogP contribution in [0.4, 0.5) is 0 Å². The Morgan fingerprint density at radius 3 is 2.52 bits per heavy atom. The summed E-state index contributed by atoms with van der Waals surface area (Å²) in [6.45, 7) is 4.77.